The van der Waals surface area contributed by atoms with Crippen LogP contribution in [0.1, 0.15) is 37.9 Å². The Kier molecular flexibility index (Phi) is 8.65. The highest BCUT2D eigenvalue weighted by atomic mass is 16.5. The van der Waals surface area contributed by atoms with E-state index < -0.39 is 0 Å². The summed E-state index contributed by atoms with van der Waals surface area (Å²) in [4.78, 5) is 32.7. The lowest BCUT2D eigenvalue weighted by Gasteiger charge is -2.36. The van der Waals surface area contributed by atoms with Gasteiger partial charge in [0.1, 0.15) is 5.75 Å². The molecule has 1 unspecified atom stereocenters. The maximum absolute atomic E-state index is 12.8. The molecular formula is C28H31N3O5. The largest absolute Gasteiger partial charge is 0.497 e. The van der Waals surface area contributed by atoms with Gasteiger partial charge in [0.2, 0.25) is 0 Å². The minimum absolute atomic E-state index is 0.0127. The van der Waals surface area contributed by atoms with Crippen molar-refractivity contribution in [1.29, 1.82) is 0 Å². The summed E-state index contributed by atoms with van der Waals surface area (Å²) < 4.78 is 16.6. The third kappa shape index (κ3) is 6.47. The highest BCUT2D eigenvalue weighted by molar-refractivity contribution is 5.94. The second kappa shape index (κ2) is 12.3. The molecule has 1 aliphatic heterocycles. The van der Waals surface area contributed by atoms with E-state index in [1.54, 1.807) is 43.8 Å². The summed E-state index contributed by atoms with van der Waals surface area (Å²) in [5.41, 5.74) is 3.10. The summed E-state index contributed by atoms with van der Waals surface area (Å²) in [6.45, 7) is 3.87. The number of aromatic nitrogens is 1. The molecule has 0 saturated carbocycles. The van der Waals surface area contributed by atoms with Gasteiger partial charge in [0.05, 0.1) is 38.1 Å². The molecule has 0 radical (unpaired) electrons. The van der Waals surface area contributed by atoms with Crippen LogP contribution < -0.4 is 4.74 Å². The first kappa shape index (κ1) is 25.3. The Hall–Kier alpha value is -3.75. The maximum atomic E-state index is 12.8. The highest BCUT2D eigenvalue weighted by Gasteiger charge is 2.25. The van der Waals surface area contributed by atoms with Crippen molar-refractivity contribution in [1.82, 2.24) is 14.8 Å². The van der Waals surface area contributed by atoms with Crippen molar-refractivity contribution in [3.63, 3.8) is 0 Å². The number of ether oxygens (including phenoxy) is 3. The van der Waals surface area contributed by atoms with Gasteiger partial charge in [0.25, 0.3) is 5.91 Å². The van der Waals surface area contributed by atoms with Crippen molar-refractivity contribution in [2.75, 3.05) is 46.9 Å². The molecule has 0 aliphatic carbocycles. The first-order valence-corrected chi connectivity index (χ1v) is 11.9. The molecule has 0 spiro atoms. The van der Waals surface area contributed by atoms with Crippen LogP contribution in [-0.2, 0) is 16.1 Å². The normalized spacial score (nSPS) is 14.8. The third-order valence-electron chi connectivity index (χ3n) is 6.28. The molecule has 2 heterocycles. The zero-order chi connectivity index (χ0) is 25.3. The van der Waals surface area contributed by atoms with Gasteiger partial charge in [-0.15, -0.1) is 0 Å². The monoisotopic (exact) mass is 489 g/mol. The van der Waals surface area contributed by atoms with E-state index in [0.29, 0.717) is 37.4 Å². The summed E-state index contributed by atoms with van der Waals surface area (Å²) in [6.07, 6.45) is 3.08. The molecule has 8 nitrogen and oxygen atoms in total. The van der Waals surface area contributed by atoms with Crippen molar-refractivity contribution in [3.05, 3.63) is 95.3 Å². The van der Waals surface area contributed by atoms with Gasteiger partial charge in [-0.25, -0.2) is 4.79 Å². The number of nitrogens with zero attached hydrogens (tertiary/aromatic N) is 3. The number of carbonyl (C=O) groups is 2. The minimum Gasteiger partial charge on any atom is -0.497 e. The first-order chi connectivity index (χ1) is 17.6. The van der Waals surface area contributed by atoms with Gasteiger partial charge in [-0.05, 0) is 47.5 Å². The molecule has 1 fully saturated rings. The number of benzene rings is 2. The average Bonchev–Trinajstić information content (AvgIpc) is 2.95. The molecule has 4 rings (SSSR count). The van der Waals surface area contributed by atoms with Crippen molar-refractivity contribution in [2.24, 2.45) is 0 Å². The summed E-state index contributed by atoms with van der Waals surface area (Å²) >= 11 is 0. The van der Waals surface area contributed by atoms with Crippen LogP contribution in [0.15, 0.2) is 73.1 Å². The first-order valence-electron chi connectivity index (χ1n) is 11.9. The number of carbonyl (C=O) groups excluding carboxylic acids is 2. The van der Waals surface area contributed by atoms with Crippen LogP contribution in [0.2, 0.25) is 0 Å². The second-order valence-electron chi connectivity index (χ2n) is 8.60. The van der Waals surface area contributed by atoms with E-state index in [1.807, 2.05) is 41.3 Å². The van der Waals surface area contributed by atoms with Crippen molar-refractivity contribution in [2.45, 2.75) is 12.7 Å². The second-order valence-corrected chi connectivity index (χ2v) is 8.60. The molecule has 0 bridgehead atoms. The highest BCUT2D eigenvalue weighted by Crippen LogP contribution is 2.25. The lowest BCUT2D eigenvalue weighted by atomic mass is 10.1. The molecule has 1 amide bonds. The van der Waals surface area contributed by atoms with E-state index in [0.717, 1.165) is 30.0 Å². The van der Waals surface area contributed by atoms with E-state index in [1.165, 1.54) is 7.11 Å². The van der Waals surface area contributed by atoms with Crippen LogP contribution in [0.25, 0.3) is 0 Å². The van der Waals surface area contributed by atoms with Crippen molar-refractivity contribution >= 4 is 11.9 Å². The van der Waals surface area contributed by atoms with E-state index >= 15 is 0 Å². The Morgan fingerprint density at radius 3 is 2.39 bits per heavy atom. The predicted molar refractivity (Wildman–Crippen MR) is 135 cm³/mol. The fraction of sp³-hybridized carbons (Fsp3) is 0.321. The molecule has 2 aromatic carbocycles. The van der Waals surface area contributed by atoms with Gasteiger partial charge < -0.3 is 19.1 Å². The smallest absolute Gasteiger partial charge is 0.337 e. The van der Waals surface area contributed by atoms with Gasteiger partial charge in [-0.2, -0.15) is 0 Å². The van der Waals surface area contributed by atoms with Gasteiger partial charge in [-0.1, -0.05) is 24.3 Å². The number of piperazine rings is 1. The number of rotatable bonds is 9. The van der Waals surface area contributed by atoms with Crippen LogP contribution in [0.5, 0.6) is 5.75 Å². The van der Waals surface area contributed by atoms with Gasteiger partial charge in [-0.3, -0.25) is 14.7 Å². The van der Waals surface area contributed by atoms with Crippen LogP contribution in [-0.4, -0.2) is 73.6 Å². The van der Waals surface area contributed by atoms with Crippen LogP contribution >= 0.6 is 0 Å². The SMILES string of the molecule is COC(=O)c1ccc(COC(CN2CCN(C(=O)c3cccnc3)CC2)c2cccc(OC)c2)cc1. The zero-order valence-corrected chi connectivity index (χ0v) is 20.6. The number of hydrogen-bond acceptors (Lipinski definition) is 7. The molecule has 36 heavy (non-hydrogen) atoms. The molecule has 1 aliphatic rings. The summed E-state index contributed by atoms with van der Waals surface area (Å²) in [5, 5.41) is 0. The van der Waals surface area contributed by atoms with Crippen LogP contribution in [0.4, 0.5) is 0 Å². The fourth-order valence-electron chi connectivity index (χ4n) is 4.19. The van der Waals surface area contributed by atoms with Gasteiger partial charge >= 0.3 is 5.97 Å². The summed E-state index contributed by atoms with van der Waals surface area (Å²) in [5.74, 6) is 0.423. The maximum Gasteiger partial charge on any atom is 0.337 e. The van der Waals surface area contributed by atoms with E-state index in [-0.39, 0.29) is 18.0 Å². The molecule has 1 atom stereocenters. The Morgan fingerprint density at radius 2 is 1.72 bits per heavy atom. The van der Waals surface area contributed by atoms with Crippen LogP contribution in [0, 0.1) is 0 Å². The number of hydrogen-bond donors (Lipinski definition) is 0. The number of methoxy groups -OCH3 is 2. The number of esters is 1. The molecule has 3 aromatic rings. The lowest BCUT2D eigenvalue weighted by Crippen LogP contribution is -2.49. The lowest BCUT2D eigenvalue weighted by molar-refractivity contribution is 0.00331. The Balaban J connectivity index is 1.40. The molecule has 0 N–H and O–H groups in total. The van der Waals surface area contributed by atoms with Crippen LogP contribution in [0.3, 0.4) is 0 Å². The van der Waals surface area contributed by atoms with E-state index in [9.17, 15) is 9.59 Å². The minimum atomic E-state index is -0.363. The van der Waals surface area contributed by atoms with Crippen molar-refractivity contribution < 1.29 is 23.8 Å². The molecule has 8 heteroatoms. The fourth-order valence-corrected chi connectivity index (χ4v) is 4.19. The van der Waals surface area contributed by atoms with Gasteiger partial charge in [0, 0.05) is 45.1 Å². The third-order valence-corrected chi connectivity index (χ3v) is 6.28. The number of amides is 1. The topological polar surface area (TPSA) is 81.2 Å². The van der Waals surface area contributed by atoms with E-state index in [4.69, 9.17) is 14.2 Å². The molecule has 1 aromatic heterocycles. The predicted octanol–water partition coefficient (Wildman–Crippen LogP) is 3.59. The molecular weight excluding hydrogens is 458 g/mol. The summed E-state index contributed by atoms with van der Waals surface area (Å²) in [7, 11) is 3.02. The molecule has 188 valence electrons. The van der Waals surface area contributed by atoms with E-state index in [2.05, 4.69) is 9.88 Å². The summed E-state index contributed by atoms with van der Waals surface area (Å²) in [6, 6.07) is 18.7. The average molecular weight is 490 g/mol. The quantitative estimate of drug-likeness (QED) is 0.425. The zero-order valence-electron chi connectivity index (χ0n) is 20.6. The molecule has 1 saturated heterocycles. The Morgan fingerprint density at radius 1 is 0.944 bits per heavy atom. The Labute approximate surface area is 211 Å². The Bertz CT molecular complexity index is 1150. The van der Waals surface area contributed by atoms with Gasteiger partial charge in [0.15, 0.2) is 0 Å². The standard InChI is InChI=1S/C28H31N3O5/c1-34-25-7-3-5-23(17-25)26(36-20-21-8-10-22(11-9-21)28(33)35-2)19-30-13-15-31(16-14-30)27(32)24-6-4-12-29-18-24/h3-12,17-18,26H,13-16,19-20H2,1-2H3. The van der Waals surface area contributed by atoms with Crippen molar-refractivity contribution in [3.8, 4) is 5.75 Å². The number of pyridine rings is 1.